The molecule has 0 radical (unpaired) electrons. The summed E-state index contributed by atoms with van der Waals surface area (Å²) in [6.07, 6.45) is 1.90. The van der Waals surface area contributed by atoms with E-state index in [2.05, 4.69) is 5.32 Å². The van der Waals surface area contributed by atoms with E-state index in [0.29, 0.717) is 23.7 Å². The van der Waals surface area contributed by atoms with Crippen molar-refractivity contribution in [3.05, 3.63) is 34.9 Å². The first-order valence-electron chi connectivity index (χ1n) is 7.70. The number of rotatable bonds is 2. The fourth-order valence-corrected chi connectivity index (χ4v) is 3.30. The predicted molar refractivity (Wildman–Crippen MR) is 85.0 cm³/mol. The van der Waals surface area contributed by atoms with E-state index >= 15 is 0 Å². The largest absolute Gasteiger partial charge is 0.337 e. The van der Waals surface area contributed by atoms with Gasteiger partial charge in [0.1, 0.15) is 0 Å². The second kappa shape index (κ2) is 6.67. The lowest BCUT2D eigenvalue weighted by Gasteiger charge is -2.41. The molecule has 1 atom stereocenters. The number of halogens is 1. The molecule has 6 heteroatoms. The van der Waals surface area contributed by atoms with Gasteiger partial charge in [0.25, 0.3) is 5.91 Å². The summed E-state index contributed by atoms with van der Waals surface area (Å²) in [6.45, 7) is 3.33. The van der Waals surface area contributed by atoms with Gasteiger partial charge in [-0.05, 0) is 37.1 Å². The Morgan fingerprint density at radius 2 is 2.00 bits per heavy atom. The van der Waals surface area contributed by atoms with Crippen LogP contribution in [0.1, 0.15) is 23.2 Å². The zero-order valence-corrected chi connectivity index (χ0v) is 13.2. The van der Waals surface area contributed by atoms with Crippen LogP contribution in [0.25, 0.3) is 0 Å². The molecule has 1 aromatic carbocycles. The fraction of sp³-hybridized carbons (Fsp3) is 0.500. The minimum absolute atomic E-state index is 0.0175. The number of amides is 2. The third-order valence-electron chi connectivity index (χ3n) is 4.34. The monoisotopic (exact) mass is 321 g/mol. The summed E-state index contributed by atoms with van der Waals surface area (Å²) < 4.78 is 0. The van der Waals surface area contributed by atoms with Crippen LogP contribution in [0.4, 0.5) is 0 Å². The number of hydrogen-bond donors (Lipinski definition) is 1. The second-order valence-electron chi connectivity index (χ2n) is 5.82. The molecule has 118 valence electrons. The molecule has 2 aliphatic heterocycles. The van der Waals surface area contributed by atoms with Crippen molar-refractivity contribution >= 4 is 23.4 Å². The SMILES string of the molecule is O=C(c1ccc(Cl)cc1)N1CCCC(N2CCNCC2=O)C1. The van der Waals surface area contributed by atoms with Crippen molar-refractivity contribution in [2.75, 3.05) is 32.7 Å². The molecule has 0 spiro atoms. The molecule has 2 saturated heterocycles. The Balaban J connectivity index is 1.68. The van der Waals surface area contributed by atoms with Crippen LogP contribution in [0.5, 0.6) is 0 Å². The van der Waals surface area contributed by atoms with Crippen molar-refractivity contribution in [2.24, 2.45) is 0 Å². The van der Waals surface area contributed by atoms with Crippen LogP contribution in [0.2, 0.25) is 5.02 Å². The molecule has 22 heavy (non-hydrogen) atoms. The standard InChI is InChI=1S/C16H20ClN3O2/c17-13-5-3-12(4-6-13)16(22)19-8-1-2-14(11-19)20-9-7-18-10-15(20)21/h3-6,14,18H,1-2,7-11H2. The average molecular weight is 322 g/mol. The molecule has 2 heterocycles. The Kier molecular flexibility index (Phi) is 4.64. The zero-order chi connectivity index (χ0) is 15.5. The molecule has 1 N–H and O–H groups in total. The van der Waals surface area contributed by atoms with Gasteiger partial charge in [-0.25, -0.2) is 0 Å². The first kappa shape index (κ1) is 15.3. The number of benzene rings is 1. The highest BCUT2D eigenvalue weighted by Crippen LogP contribution is 2.19. The summed E-state index contributed by atoms with van der Waals surface area (Å²) in [5, 5.41) is 3.71. The van der Waals surface area contributed by atoms with Gasteiger partial charge < -0.3 is 15.1 Å². The fourth-order valence-electron chi connectivity index (χ4n) is 3.18. The topological polar surface area (TPSA) is 52.7 Å². The van der Waals surface area contributed by atoms with E-state index in [4.69, 9.17) is 11.6 Å². The quantitative estimate of drug-likeness (QED) is 0.895. The smallest absolute Gasteiger partial charge is 0.253 e. The number of nitrogens with one attached hydrogen (secondary N) is 1. The third kappa shape index (κ3) is 3.25. The average Bonchev–Trinajstić information content (AvgIpc) is 2.55. The van der Waals surface area contributed by atoms with Gasteiger partial charge in [-0.15, -0.1) is 0 Å². The normalized spacial score (nSPS) is 22.8. The first-order chi connectivity index (χ1) is 10.6. The summed E-state index contributed by atoms with van der Waals surface area (Å²) in [4.78, 5) is 28.4. The Bertz CT molecular complexity index is 561. The molecule has 0 saturated carbocycles. The van der Waals surface area contributed by atoms with Gasteiger partial charge in [-0.3, -0.25) is 9.59 Å². The highest BCUT2D eigenvalue weighted by molar-refractivity contribution is 6.30. The van der Waals surface area contributed by atoms with Crippen LogP contribution in [-0.2, 0) is 4.79 Å². The molecule has 2 fully saturated rings. The highest BCUT2D eigenvalue weighted by Gasteiger charge is 2.31. The highest BCUT2D eigenvalue weighted by atomic mass is 35.5. The van der Waals surface area contributed by atoms with E-state index in [9.17, 15) is 9.59 Å². The number of piperazine rings is 1. The van der Waals surface area contributed by atoms with E-state index in [-0.39, 0.29) is 17.9 Å². The minimum Gasteiger partial charge on any atom is -0.337 e. The van der Waals surface area contributed by atoms with Crippen LogP contribution in [0.15, 0.2) is 24.3 Å². The second-order valence-corrected chi connectivity index (χ2v) is 6.25. The van der Waals surface area contributed by atoms with Crippen LogP contribution in [0, 0.1) is 0 Å². The summed E-state index contributed by atoms with van der Waals surface area (Å²) in [5.74, 6) is 0.154. The van der Waals surface area contributed by atoms with Crippen LogP contribution >= 0.6 is 11.6 Å². The van der Waals surface area contributed by atoms with Gasteiger partial charge >= 0.3 is 0 Å². The van der Waals surface area contributed by atoms with Crippen LogP contribution in [-0.4, -0.2) is 60.4 Å². The van der Waals surface area contributed by atoms with E-state index in [1.165, 1.54) is 0 Å². The van der Waals surface area contributed by atoms with E-state index in [1.54, 1.807) is 24.3 Å². The van der Waals surface area contributed by atoms with Crippen molar-refractivity contribution in [1.29, 1.82) is 0 Å². The summed E-state index contributed by atoms with van der Waals surface area (Å²) in [6, 6.07) is 7.11. The number of carbonyl (C=O) groups excluding carboxylic acids is 2. The molecule has 1 aromatic rings. The predicted octanol–water partition coefficient (Wildman–Crippen LogP) is 1.38. The Hall–Kier alpha value is -1.59. The van der Waals surface area contributed by atoms with Gasteiger partial charge in [0.2, 0.25) is 5.91 Å². The molecule has 0 aromatic heterocycles. The number of nitrogens with zero attached hydrogens (tertiary/aromatic N) is 2. The van der Waals surface area contributed by atoms with Crippen molar-refractivity contribution in [3.8, 4) is 0 Å². The Labute approximate surface area is 135 Å². The molecule has 3 rings (SSSR count). The summed E-state index contributed by atoms with van der Waals surface area (Å²) in [5.41, 5.74) is 0.650. The van der Waals surface area contributed by atoms with Crippen molar-refractivity contribution in [1.82, 2.24) is 15.1 Å². The van der Waals surface area contributed by atoms with E-state index < -0.39 is 0 Å². The van der Waals surface area contributed by atoms with E-state index in [0.717, 1.165) is 32.5 Å². The molecular formula is C16H20ClN3O2. The van der Waals surface area contributed by atoms with Crippen LogP contribution in [0.3, 0.4) is 0 Å². The Morgan fingerprint density at radius 3 is 2.73 bits per heavy atom. The minimum atomic E-state index is 0.0175. The maximum Gasteiger partial charge on any atom is 0.253 e. The van der Waals surface area contributed by atoms with Gasteiger partial charge in [0, 0.05) is 42.8 Å². The zero-order valence-electron chi connectivity index (χ0n) is 12.4. The van der Waals surface area contributed by atoms with Crippen molar-refractivity contribution in [3.63, 3.8) is 0 Å². The van der Waals surface area contributed by atoms with E-state index in [1.807, 2.05) is 9.80 Å². The number of carbonyl (C=O) groups is 2. The molecular weight excluding hydrogens is 302 g/mol. The lowest BCUT2D eigenvalue weighted by molar-refractivity contribution is -0.135. The van der Waals surface area contributed by atoms with Gasteiger partial charge in [0.15, 0.2) is 0 Å². The van der Waals surface area contributed by atoms with Crippen molar-refractivity contribution < 1.29 is 9.59 Å². The number of likely N-dealkylation sites (tertiary alicyclic amines) is 1. The van der Waals surface area contributed by atoms with Crippen LogP contribution < -0.4 is 5.32 Å². The number of piperidine rings is 1. The molecule has 1 unspecified atom stereocenters. The van der Waals surface area contributed by atoms with Gasteiger partial charge in [-0.2, -0.15) is 0 Å². The third-order valence-corrected chi connectivity index (χ3v) is 4.59. The molecule has 0 bridgehead atoms. The summed E-state index contributed by atoms with van der Waals surface area (Å²) in [7, 11) is 0. The lowest BCUT2D eigenvalue weighted by atomic mass is 10.0. The molecule has 5 nitrogen and oxygen atoms in total. The molecule has 2 amide bonds. The summed E-state index contributed by atoms with van der Waals surface area (Å²) >= 11 is 5.87. The molecule has 2 aliphatic rings. The maximum absolute atomic E-state index is 12.6. The maximum atomic E-state index is 12.6. The molecule has 0 aliphatic carbocycles. The van der Waals surface area contributed by atoms with Gasteiger partial charge in [0.05, 0.1) is 6.54 Å². The van der Waals surface area contributed by atoms with Crippen molar-refractivity contribution in [2.45, 2.75) is 18.9 Å². The number of hydrogen-bond acceptors (Lipinski definition) is 3. The lowest BCUT2D eigenvalue weighted by Crippen LogP contribution is -2.57. The van der Waals surface area contributed by atoms with Gasteiger partial charge in [-0.1, -0.05) is 11.6 Å². The first-order valence-corrected chi connectivity index (χ1v) is 8.08. The Morgan fingerprint density at radius 1 is 1.23 bits per heavy atom.